The summed E-state index contributed by atoms with van der Waals surface area (Å²) in [4.78, 5) is 22.0. The Morgan fingerprint density at radius 1 is 1.27 bits per heavy atom. The number of oxime groups is 1. The van der Waals surface area contributed by atoms with Crippen LogP contribution < -0.4 is 5.32 Å². The molecule has 2 heterocycles. The molecule has 0 aliphatic heterocycles. The summed E-state index contributed by atoms with van der Waals surface area (Å²) >= 11 is 0.660. The minimum Gasteiger partial charge on any atom is -0.389 e. The first-order valence-corrected chi connectivity index (χ1v) is 12.2. The Morgan fingerprint density at radius 2 is 2.03 bits per heavy atom. The number of anilines is 1. The molecule has 33 heavy (non-hydrogen) atoms. The first kappa shape index (κ1) is 24.5. The van der Waals surface area contributed by atoms with Crippen LogP contribution in [0.15, 0.2) is 52.8 Å². The summed E-state index contributed by atoms with van der Waals surface area (Å²) in [5, 5.41) is 10.0. The van der Waals surface area contributed by atoms with Crippen LogP contribution in [0.5, 0.6) is 0 Å². The van der Waals surface area contributed by atoms with Gasteiger partial charge in [-0.25, -0.2) is 13.4 Å². The lowest BCUT2D eigenvalue weighted by Gasteiger charge is -2.08. The molecule has 176 valence electrons. The molecule has 1 aromatic carbocycles. The first-order valence-electron chi connectivity index (χ1n) is 9.72. The van der Waals surface area contributed by atoms with Crippen LogP contribution in [-0.4, -0.2) is 54.3 Å². The highest BCUT2D eigenvalue weighted by Gasteiger charge is 2.20. The summed E-state index contributed by atoms with van der Waals surface area (Å²) in [6.45, 7) is 0.342. The Kier molecular flexibility index (Phi) is 8.25. The number of halogens is 1. The molecule has 1 amide bonds. The predicted molar refractivity (Wildman–Crippen MR) is 120 cm³/mol. The molecule has 0 atom stereocenters. The fourth-order valence-corrected chi connectivity index (χ4v) is 4.55. The number of aromatic nitrogens is 3. The number of thiazole rings is 1. The van der Waals surface area contributed by atoms with Gasteiger partial charge in [0.25, 0.3) is 5.91 Å². The molecule has 0 saturated heterocycles. The van der Waals surface area contributed by atoms with Gasteiger partial charge in [-0.1, -0.05) is 28.6 Å². The van der Waals surface area contributed by atoms with Crippen LogP contribution in [0.25, 0.3) is 0 Å². The van der Waals surface area contributed by atoms with Crippen molar-refractivity contribution in [2.24, 2.45) is 12.2 Å². The van der Waals surface area contributed by atoms with E-state index in [1.165, 1.54) is 31.4 Å². The standard InChI is InChI=1S/C20H22FN5O5S2/c1-26-9-8-15(24-26)13-31-25-18(19(27)23-20-22-12-17(21)32-20)14-4-6-16(7-5-14)33(28,29)11-3-10-30-2/h4-9,12H,3,10-11,13H2,1-2H3,(H,22,23,27). The number of hydrogen-bond acceptors (Lipinski definition) is 9. The summed E-state index contributed by atoms with van der Waals surface area (Å²) < 4.78 is 44.6. The van der Waals surface area contributed by atoms with Crippen LogP contribution in [0.1, 0.15) is 17.7 Å². The number of amides is 1. The van der Waals surface area contributed by atoms with Crippen molar-refractivity contribution < 1.29 is 27.2 Å². The van der Waals surface area contributed by atoms with E-state index in [0.717, 1.165) is 6.20 Å². The predicted octanol–water partition coefficient (Wildman–Crippen LogP) is 2.39. The van der Waals surface area contributed by atoms with Crippen molar-refractivity contribution in [2.75, 3.05) is 24.8 Å². The molecule has 0 bridgehead atoms. The monoisotopic (exact) mass is 495 g/mol. The third-order valence-electron chi connectivity index (χ3n) is 4.30. The van der Waals surface area contributed by atoms with Gasteiger partial charge in [-0.05, 0) is 24.6 Å². The van der Waals surface area contributed by atoms with E-state index in [-0.39, 0.29) is 28.1 Å². The highest BCUT2D eigenvalue weighted by Crippen LogP contribution is 2.18. The van der Waals surface area contributed by atoms with Crippen LogP contribution >= 0.6 is 11.3 Å². The Morgan fingerprint density at radius 3 is 2.64 bits per heavy atom. The zero-order valence-electron chi connectivity index (χ0n) is 17.9. The van der Waals surface area contributed by atoms with Gasteiger partial charge in [0, 0.05) is 32.5 Å². The van der Waals surface area contributed by atoms with Gasteiger partial charge < -0.3 is 9.57 Å². The fourth-order valence-electron chi connectivity index (χ4n) is 2.73. The van der Waals surface area contributed by atoms with Crippen LogP contribution in [-0.2, 0) is 37.9 Å². The van der Waals surface area contributed by atoms with Crippen molar-refractivity contribution in [1.82, 2.24) is 14.8 Å². The van der Waals surface area contributed by atoms with E-state index in [1.807, 2.05) is 0 Å². The van der Waals surface area contributed by atoms with E-state index in [0.29, 0.717) is 35.6 Å². The van der Waals surface area contributed by atoms with Crippen LogP contribution in [0.2, 0.25) is 0 Å². The van der Waals surface area contributed by atoms with Crippen molar-refractivity contribution in [3.05, 3.63) is 59.1 Å². The molecular formula is C20H22FN5O5S2. The van der Waals surface area contributed by atoms with Gasteiger partial charge in [0.05, 0.1) is 16.8 Å². The normalized spacial score (nSPS) is 12.0. The minimum absolute atomic E-state index is 0.00939. The third-order valence-corrected chi connectivity index (χ3v) is 6.82. The first-order chi connectivity index (χ1) is 15.8. The molecule has 10 nitrogen and oxygen atoms in total. The maximum absolute atomic E-state index is 13.2. The van der Waals surface area contributed by atoms with Crippen LogP contribution in [0, 0.1) is 5.13 Å². The van der Waals surface area contributed by atoms with E-state index in [2.05, 4.69) is 20.6 Å². The van der Waals surface area contributed by atoms with Crippen molar-refractivity contribution in [3.63, 3.8) is 0 Å². The lowest BCUT2D eigenvalue weighted by atomic mass is 10.1. The molecule has 1 N–H and O–H groups in total. The average molecular weight is 496 g/mol. The largest absolute Gasteiger partial charge is 0.389 e. The van der Waals surface area contributed by atoms with Crippen molar-refractivity contribution in [3.8, 4) is 0 Å². The SMILES string of the molecule is COCCCS(=O)(=O)c1ccc(C(=NOCc2ccn(C)n2)C(=O)Nc2ncc(F)s2)cc1. The van der Waals surface area contributed by atoms with Crippen LogP contribution in [0.4, 0.5) is 9.52 Å². The topological polar surface area (TPSA) is 125 Å². The van der Waals surface area contributed by atoms with Crippen molar-refractivity contribution in [1.29, 1.82) is 0 Å². The Bertz CT molecular complexity index is 1220. The van der Waals surface area contributed by atoms with Crippen molar-refractivity contribution >= 4 is 37.9 Å². The number of rotatable bonds is 11. The molecule has 3 aromatic rings. The average Bonchev–Trinajstić information content (AvgIpc) is 3.38. The van der Waals surface area contributed by atoms with E-state index in [1.54, 1.807) is 24.0 Å². The summed E-state index contributed by atoms with van der Waals surface area (Å²) in [7, 11) is -0.247. The fraction of sp³-hybridized carbons (Fsp3) is 0.300. The number of aryl methyl sites for hydroxylation is 1. The molecule has 0 aliphatic rings. The number of carbonyl (C=O) groups is 1. The Hall–Kier alpha value is -3.16. The minimum atomic E-state index is -3.50. The molecule has 0 unspecified atom stereocenters. The number of ether oxygens (including phenoxy) is 1. The molecule has 0 aliphatic carbocycles. The second-order valence-corrected chi connectivity index (χ2v) is 9.90. The number of methoxy groups -OCH3 is 1. The van der Waals surface area contributed by atoms with Gasteiger partial charge in [-0.15, -0.1) is 0 Å². The van der Waals surface area contributed by atoms with Gasteiger partial charge in [0.15, 0.2) is 32.4 Å². The number of nitrogens with one attached hydrogen (secondary N) is 1. The number of benzene rings is 1. The molecule has 2 aromatic heterocycles. The molecule has 0 radical (unpaired) electrons. The van der Waals surface area contributed by atoms with Crippen molar-refractivity contribution in [2.45, 2.75) is 17.9 Å². The van der Waals surface area contributed by atoms with Gasteiger partial charge in [-0.3, -0.25) is 14.8 Å². The van der Waals surface area contributed by atoms with Gasteiger partial charge in [0.2, 0.25) is 0 Å². The van der Waals surface area contributed by atoms with E-state index in [4.69, 9.17) is 9.57 Å². The number of nitrogens with zero attached hydrogens (tertiary/aromatic N) is 4. The van der Waals surface area contributed by atoms with Gasteiger partial charge >= 0.3 is 0 Å². The Labute approximate surface area is 194 Å². The lowest BCUT2D eigenvalue weighted by molar-refractivity contribution is -0.110. The maximum atomic E-state index is 13.2. The summed E-state index contributed by atoms with van der Waals surface area (Å²) in [5.74, 6) is -0.759. The van der Waals surface area contributed by atoms with Crippen LogP contribution in [0.3, 0.4) is 0 Å². The highest BCUT2D eigenvalue weighted by molar-refractivity contribution is 7.91. The molecule has 13 heteroatoms. The zero-order chi connectivity index (χ0) is 23.8. The van der Waals surface area contributed by atoms with Gasteiger partial charge in [0.1, 0.15) is 5.69 Å². The third kappa shape index (κ3) is 6.91. The molecular weight excluding hydrogens is 473 g/mol. The zero-order valence-corrected chi connectivity index (χ0v) is 19.5. The summed E-state index contributed by atoms with van der Waals surface area (Å²) in [6.07, 6.45) is 3.08. The second-order valence-electron chi connectivity index (χ2n) is 6.81. The molecule has 0 fully saturated rings. The summed E-state index contributed by atoms with van der Waals surface area (Å²) in [5.41, 5.74) is 0.770. The Balaban J connectivity index is 1.81. The number of hydrogen-bond donors (Lipinski definition) is 1. The van der Waals surface area contributed by atoms with E-state index < -0.39 is 20.9 Å². The summed E-state index contributed by atoms with van der Waals surface area (Å²) in [6, 6.07) is 7.42. The quantitative estimate of drug-likeness (QED) is 0.246. The molecule has 0 spiro atoms. The second kappa shape index (κ2) is 11.1. The van der Waals surface area contributed by atoms with E-state index in [9.17, 15) is 17.6 Å². The lowest BCUT2D eigenvalue weighted by Crippen LogP contribution is -2.24. The molecule has 3 rings (SSSR count). The maximum Gasteiger partial charge on any atom is 0.280 e. The highest BCUT2D eigenvalue weighted by atomic mass is 32.2. The number of carbonyl (C=O) groups excluding carboxylic acids is 1. The van der Waals surface area contributed by atoms with E-state index >= 15 is 0 Å². The van der Waals surface area contributed by atoms with Gasteiger partial charge in [-0.2, -0.15) is 9.49 Å². The smallest absolute Gasteiger partial charge is 0.280 e. The molecule has 0 saturated carbocycles. The number of sulfone groups is 1.